The molecule has 0 radical (unpaired) electrons. The highest BCUT2D eigenvalue weighted by molar-refractivity contribution is 5.13. The van der Waals surface area contributed by atoms with E-state index in [9.17, 15) is 0 Å². The van der Waals surface area contributed by atoms with Crippen LogP contribution in [0, 0.1) is 0 Å². The van der Waals surface area contributed by atoms with Gasteiger partial charge >= 0.3 is 0 Å². The lowest BCUT2D eigenvalue weighted by Crippen LogP contribution is -2.00. The topological polar surface area (TPSA) is 64.7 Å². The fourth-order valence-corrected chi connectivity index (χ4v) is 0.572. The van der Waals surface area contributed by atoms with Crippen LogP contribution in [0.4, 0.5) is 5.95 Å². The Balaban J connectivity index is 2.84. The van der Waals surface area contributed by atoms with Crippen LogP contribution >= 0.6 is 0 Å². The second kappa shape index (κ2) is 2.91. The second-order valence-corrected chi connectivity index (χ2v) is 1.75. The average molecular weight is 136 g/mol. The molecular weight excluding hydrogens is 128 g/mol. The molecule has 0 atom stereocenters. The van der Waals surface area contributed by atoms with Crippen LogP contribution in [0.3, 0.4) is 0 Å². The van der Waals surface area contributed by atoms with E-state index in [0.29, 0.717) is 12.2 Å². The van der Waals surface area contributed by atoms with Gasteiger partial charge in [-0.25, -0.2) is 9.97 Å². The van der Waals surface area contributed by atoms with Crippen molar-refractivity contribution in [2.45, 2.75) is 6.42 Å². The summed E-state index contributed by atoms with van der Waals surface area (Å²) in [5, 5.41) is 0. The van der Waals surface area contributed by atoms with Crippen molar-refractivity contribution >= 4 is 5.95 Å². The number of rotatable bonds is 2. The van der Waals surface area contributed by atoms with Crippen LogP contribution in [0.25, 0.3) is 0 Å². The van der Waals surface area contributed by atoms with Crippen molar-refractivity contribution < 1.29 is 0 Å². The third kappa shape index (κ3) is 1.51. The quantitative estimate of drug-likeness (QED) is 0.589. The van der Waals surface area contributed by atoms with Gasteiger partial charge in [0.2, 0.25) is 5.95 Å². The SMILES string of the molecule is C=CCc1ncnc(N)n1. The van der Waals surface area contributed by atoms with Gasteiger partial charge < -0.3 is 5.73 Å². The van der Waals surface area contributed by atoms with Crippen LogP contribution in [-0.4, -0.2) is 15.0 Å². The Hall–Kier alpha value is -1.45. The highest BCUT2D eigenvalue weighted by Gasteiger charge is 1.92. The first-order valence-corrected chi connectivity index (χ1v) is 2.87. The van der Waals surface area contributed by atoms with E-state index in [1.165, 1.54) is 6.33 Å². The molecule has 4 nitrogen and oxygen atoms in total. The standard InChI is InChI=1S/C6H8N4/c1-2-3-5-8-4-9-6(7)10-5/h2,4H,1,3H2,(H2,7,8,9,10). The lowest BCUT2D eigenvalue weighted by Gasteiger charge is -1.93. The number of aromatic nitrogens is 3. The van der Waals surface area contributed by atoms with E-state index in [1.807, 2.05) is 0 Å². The van der Waals surface area contributed by atoms with Crippen molar-refractivity contribution in [2.75, 3.05) is 5.73 Å². The van der Waals surface area contributed by atoms with Gasteiger partial charge in [-0.2, -0.15) is 4.98 Å². The minimum Gasteiger partial charge on any atom is -0.368 e. The number of hydrogen-bond acceptors (Lipinski definition) is 4. The largest absolute Gasteiger partial charge is 0.368 e. The molecule has 0 unspecified atom stereocenters. The predicted octanol–water partition coefficient (Wildman–Crippen LogP) is 0.182. The van der Waals surface area contributed by atoms with Gasteiger partial charge in [-0.1, -0.05) is 6.08 Å². The number of nitrogens with zero attached hydrogens (tertiary/aromatic N) is 3. The van der Waals surface area contributed by atoms with Gasteiger partial charge in [-0.15, -0.1) is 6.58 Å². The van der Waals surface area contributed by atoms with E-state index in [2.05, 4.69) is 21.5 Å². The van der Waals surface area contributed by atoms with E-state index >= 15 is 0 Å². The average Bonchev–Trinajstić information content (AvgIpc) is 1.88. The molecule has 2 N–H and O–H groups in total. The molecule has 0 aliphatic rings. The lowest BCUT2D eigenvalue weighted by atomic mass is 10.4. The lowest BCUT2D eigenvalue weighted by molar-refractivity contribution is 0.944. The van der Waals surface area contributed by atoms with Crippen molar-refractivity contribution in [1.82, 2.24) is 15.0 Å². The van der Waals surface area contributed by atoms with Gasteiger partial charge in [0.1, 0.15) is 12.2 Å². The fourth-order valence-electron chi connectivity index (χ4n) is 0.572. The summed E-state index contributed by atoms with van der Waals surface area (Å²) in [6.07, 6.45) is 3.74. The molecule has 0 aromatic carbocycles. The molecule has 1 aromatic heterocycles. The van der Waals surface area contributed by atoms with Crippen LogP contribution in [0.15, 0.2) is 19.0 Å². The first kappa shape index (κ1) is 6.67. The fraction of sp³-hybridized carbons (Fsp3) is 0.167. The summed E-state index contributed by atoms with van der Waals surface area (Å²) >= 11 is 0. The maximum absolute atomic E-state index is 5.29. The Bertz CT molecular complexity index is 233. The molecule has 0 aliphatic carbocycles. The zero-order valence-corrected chi connectivity index (χ0v) is 5.49. The van der Waals surface area contributed by atoms with Crippen molar-refractivity contribution in [1.29, 1.82) is 0 Å². The molecule has 1 aromatic rings. The van der Waals surface area contributed by atoms with Crippen LogP contribution < -0.4 is 5.73 Å². The number of hydrogen-bond donors (Lipinski definition) is 1. The number of anilines is 1. The van der Waals surface area contributed by atoms with Crippen LogP contribution in [-0.2, 0) is 6.42 Å². The number of nitrogens with two attached hydrogens (primary N) is 1. The Morgan fingerprint density at radius 1 is 1.60 bits per heavy atom. The first-order chi connectivity index (χ1) is 4.83. The van der Waals surface area contributed by atoms with E-state index in [1.54, 1.807) is 6.08 Å². The molecule has 0 aliphatic heterocycles. The van der Waals surface area contributed by atoms with Crippen molar-refractivity contribution in [2.24, 2.45) is 0 Å². The predicted molar refractivity (Wildman–Crippen MR) is 38.1 cm³/mol. The van der Waals surface area contributed by atoms with Crippen molar-refractivity contribution in [3.8, 4) is 0 Å². The molecular formula is C6H8N4. The zero-order chi connectivity index (χ0) is 7.40. The molecule has 0 saturated carbocycles. The van der Waals surface area contributed by atoms with Crippen LogP contribution in [0.2, 0.25) is 0 Å². The highest BCUT2D eigenvalue weighted by Crippen LogP contribution is 1.92. The van der Waals surface area contributed by atoms with E-state index in [0.717, 1.165) is 0 Å². The number of nitrogen functional groups attached to an aromatic ring is 1. The summed E-state index contributed by atoms with van der Waals surface area (Å²) in [4.78, 5) is 11.3. The summed E-state index contributed by atoms with van der Waals surface area (Å²) in [6, 6.07) is 0. The maximum atomic E-state index is 5.29. The van der Waals surface area contributed by atoms with Crippen molar-refractivity contribution in [3.63, 3.8) is 0 Å². The summed E-state index contributed by atoms with van der Waals surface area (Å²) in [7, 11) is 0. The van der Waals surface area contributed by atoms with Crippen molar-refractivity contribution in [3.05, 3.63) is 24.8 Å². The number of allylic oxidation sites excluding steroid dienone is 1. The Morgan fingerprint density at radius 3 is 3.00 bits per heavy atom. The first-order valence-electron chi connectivity index (χ1n) is 2.87. The summed E-state index contributed by atoms with van der Waals surface area (Å²) < 4.78 is 0. The molecule has 10 heavy (non-hydrogen) atoms. The summed E-state index contributed by atoms with van der Waals surface area (Å²) in [6.45, 7) is 3.54. The van der Waals surface area contributed by atoms with E-state index < -0.39 is 0 Å². The van der Waals surface area contributed by atoms with E-state index in [-0.39, 0.29) is 5.95 Å². The van der Waals surface area contributed by atoms with Gasteiger partial charge in [0, 0.05) is 6.42 Å². The molecule has 4 heteroatoms. The maximum Gasteiger partial charge on any atom is 0.223 e. The smallest absolute Gasteiger partial charge is 0.223 e. The highest BCUT2D eigenvalue weighted by atomic mass is 15.1. The summed E-state index contributed by atoms with van der Waals surface area (Å²) in [5.41, 5.74) is 5.29. The third-order valence-electron chi connectivity index (χ3n) is 0.967. The normalized spacial score (nSPS) is 9.20. The Morgan fingerprint density at radius 2 is 2.40 bits per heavy atom. The Labute approximate surface area is 58.8 Å². The minimum atomic E-state index is 0.256. The second-order valence-electron chi connectivity index (χ2n) is 1.75. The van der Waals surface area contributed by atoms with Gasteiger partial charge in [0.05, 0.1) is 0 Å². The van der Waals surface area contributed by atoms with Gasteiger partial charge in [-0.3, -0.25) is 0 Å². The Kier molecular flexibility index (Phi) is 1.94. The van der Waals surface area contributed by atoms with E-state index in [4.69, 9.17) is 5.73 Å². The van der Waals surface area contributed by atoms with Gasteiger partial charge in [-0.05, 0) is 0 Å². The zero-order valence-electron chi connectivity index (χ0n) is 5.49. The molecule has 1 rings (SSSR count). The van der Waals surface area contributed by atoms with Crippen LogP contribution in [0.5, 0.6) is 0 Å². The molecule has 52 valence electrons. The molecule has 0 saturated heterocycles. The summed E-state index contributed by atoms with van der Waals surface area (Å²) in [5.74, 6) is 0.911. The van der Waals surface area contributed by atoms with Crippen LogP contribution in [0.1, 0.15) is 5.82 Å². The molecule has 0 bridgehead atoms. The molecule has 1 heterocycles. The molecule has 0 spiro atoms. The molecule has 0 fully saturated rings. The van der Waals surface area contributed by atoms with Gasteiger partial charge in [0.25, 0.3) is 0 Å². The minimum absolute atomic E-state index is 0.256. The third-order valence-corrected chi connectivity index (χ3v) is 0.967. The van der Waals surface area contributed by atoms with Gasteiger partial charge in [0.15, 0.2) is 0 Å². The molecule has 0 amide bonds. The monoisotopic (exact) mass is 136 g/mol.